The van der Waals surface area contributed by atoms with E-state index in [9.17, 15) is 0 Å². The van der Waals surface area contributed by atoms with E-state index in [1.807, 2.05) is 10.9 Å². The van der Waals surface area contributed by atoms with Crippen LogP contribution in [-0.4, -0.2) is 40.4 Å². The van der Waals surface area contributed by atoms with Gasteiger partial charge >= 0.3 is 0 Å². The Morgan fingerprint density at radius 1 is 1.53 bits per heavy atom. The predicted molar refractivity (Wildman–Crippen MR) is 60.7 cm³/mol. The molecule has 0 aromatic carbocycles. The smallest absolute Gasteiger partial charge is 0.100 e. The van der Waals surface area contributed by atoms with E-state index in [1.165, 1.54) is 5.56 Å². The summed E-state index contributed by atoms with van der Waals surface area (Å²) >= 11 is 0. The lowest BCUT2D eigenvalue weighted by Gasteiger charge is -2.51. The molecular weight excluding hydrogens is 188 g/mol. The summed E-state index contributed by atoms with van der Waals surface area (Å²) in [7, 11) is 0. The van der Waals surface area contributed by atoms with E-state index in [2.05, 4.69) is 37.0 Å². The minimum Gasteiger partial charge on any atom is -0.328 e. The number of rotatable bonds is 3. The van der Waals surface area contributed by atoms with Crippen molar-refractivity contribution in [1.29, 1.82) is 0 Å². The van der Waals surface area contributed by atoms with Crippen LogP contribution in [0.25, 0.3) is 0 Å². The van der Waals surface area contributed by atoms with E-state index >= 15 is 0 Å². The first kappa shape index (κ1) is 10.6. The number of hydrogen-bond donors (Lipinski definition) is 1. The minimum atomic E-state index is 0.0402. The van der Waals surface area contributed by atoms with Crippen molar-refractivity contribution in [3.05, 3.63) is 18.0 Å². The molecule has 2 rings (SSSR count). The maximum Gasteiger partial charge on any atom is 0.100 e. The summed E-state index contributed by atoms with van der Waals surface area (Å²) in [6, 6.07) is 0.598. The lowest BCUT2D eigenvalue weighted by Crippen LogP contribution is -2.67. The maximum absolute atomic E-state index is 5.88. The lowest BCUT2D eigenvalue weighted by atomic mass is 9.88. The van der Waals surface area contributed by atoms with Gasteiger partial charge in [-0.1, -0.05) is 0 Å². The molecule has 0 bridgehead atoms. The van der Waals surface area contributed by atoms with Crippen molar-refractivity contribution >= 4 is 0 Å². The molecular formula is C11H20N4. The van der Waals surface area contributed by atoms with Crippen molar-refractivity contribution in [3.8, 4) is 0 Å². The van der Waals surface area contributed by atoms with E-state index < -0.39 is 0 Å². The van der Waals surface area contributed by atoms with Crippen LogP contribution in [0.4, 0.5) is 0 Å². The molecule has 0 atom stereocenters. The van der Waals surface area contributed by atoms with E-state index in [1.54, 1.807) is 0 Å². The van der Waals surface area contributed by atoms with Crippen molar-refractivity contribution in [1.82, 2.24) is 14.7 Å². The van der Waals surface area contributed by atoms with E-state index in [0.29, 0.717) is 12.6 Å². The maximum atomic E-state index is 5.88. The van der Waals surface area contributed by atoms with Crippen molar-refractivity contribution in [2.24, 2.45) is 5.73 Å². The fraction of sp³-hybridized carbons (Fsp3) is 0.727. The summed E-state index contributed by atoms with van der Waals surface area (Å²) in [5.41, 5.74) is 7.12. The van der Waals surface area contributed by atoms with Crippen LogP contribution in [-0.2, 0) is 5.54 Å². The summed E-state index contributed by atoms with van der Waals surface area (Å²) < 4.78 is 2.04. The highest BCUT2D eigenvalue weighted by Crippen LogP contribution is 2.29. The summed E-state index contributed by atoms with van der Waals surface area (Å²) in [6.45, 7) is 9.19. The van der Waals surface area contributed by atoms with Gasteiger partial charge in [0, 0.05) is 31.9 Å². The fourth-order valence-electron chi connectivity index (χ4n) is 2.11. The van der Waals surface area contributed by atoms with Crippen LogP contribution in [0.1, 0.15) is 19.4 Å². The molecule has 1 aromatic rings. The zero-order valence-electron chi connectivity index (χ0n) is 9.77. The Labute approximate surface area is 91.1 Å². The predicted octanol–water partition coefficient (Wildman–Crippen LogP) is 0.570. The average Bonchev–Trinajstić information content (AvgIpc) is 2.51. The zero-order chi connectivity index (χ0) is 11.1. The second-order valence-electron chi connectivity index (χ2n) is 4.89. The number of hydrogen-bond acceptors (Lipinski definition) is 3. The Kier molecular flexibility index (Phi) is 2.56. The van der Waals surface area contributed by atoms with Crippen LogP contribution in [0.5, 0.6) is 0 Å². The third-order valence-corrected chi connectivity index (χ3v) is 3.30. The van der Waals surface area contributed by atoms with Crippen LogP contribution < -0.4 is 5.73 Å². The molecule has 0 amide bonds. The molecule has 1 fully saturated rings. The van der Waals surface area contributed by atoms with Gasteiger partial charge in [0.25, 0.3) is 0 Å². The fourth-order valence-corrected chi connectivity index (χ4v) is 2.11. The molecule has 1 aromatic heterocycles. The molecule has 4 heteroatoms. The third kappa shape index (κ3) is 1.68. The lowest BCUT2D eigenvalue weighted by molar-refractivity contribution is -0.0132. The van der Waals surface area contributed by atoms with E-state index in [-0.39, 0.29) is 5.54 Å². The second kappa shape index (κ2) is 3.61. The molecule has 0 unspecified atom stereocenters. The van der Waals surface area contributed by atoms with E-state index in [0.717, 1.165) is 13.1 Å². The van der Waals surface area contributed by atoms with Crippen LogP contribution in [0, 0.1) is 6.92 Å². The molecule has 1 aliphatic heterocycles. The number of nitrogens with two attached hydrogens (primary N) is 1. The molecule has 2 N–H and O–H groups in total. The summed E-state index contributed by atoms with van der Waals surface area (Å²) in [5, 5.41) is 4.38. The molecule has 0 saturated carbocycles. The average molecular weight is 208 g/mol. The molecule has 4 nitrogen and oxygen atoms in total. The van der Waals surface area contributed by atoms with Gasteiger partial charge in [0.05, 0.1) is 6.20 Å². The van der Waals surface area contributed by atoms with Gasteiger partial charge in [0.1, 0.15) is 5.54 Å². The van der Waals surface area contributed by atoms with Crippen LogP contribution in [0.3, 0.4) is 0 Å². The zero-order valence-corrected chi connectivity index (χ0v) is 9.77. The van der Waals surface area contributed by atoms with Crippen LogP contribution >= 0.6 is 0 Å². The number of likely N-dealkylation sites (tertiary alicyclic amines) is 1. The van der Waals surface area contributed by atoms with Crippen LogP contribution in [0.2, 0.25) is 0 Å². The van der Waals surface area contributed by atoms with Crippen molar-refractivity contribution in [3.63, 3.8) is 0 Å². The first-order chi connectivity index (χ1) is 7.07. The molecule has 15 heavy (non-hydrogen) atoms. The molecule has 0 radical (unpaired) electrons. The van der Waals surface area contributed by atoms with Gasteiger partial charge in [-0.3, -0.25) is 9.58 Å². The van der Waals surface area contributed by atoms with Gasteiger partial charge in [-0.2, -0.15) is 5.10 Å². The highest BCUT2D eigenvalue weighted by molar-refractivity contribution is 5.08. The highest BCUT2D eigenvalue weighted by atomic mass is 15.4. The first-order valence-corrected chi connectivity index (χ1v) is 5.53. The summed E-state index contributed by atoms with van der Waals surface area (Å²) in [4.78, 5) is 2.42. The van der Waals surface area contributed by atoms with Gasteiger partial charge in [-0.05, 0) is 26.3 Å². The Morgan fingerprint density at radius 2 is 2.20 bits per heavy atom. The van der Waals surface area contributed by atoms with Crippen LogP contribution in [0.15, 0.2) is 12.4 Å². The highest BCUT2D eigenvalue weighted by Gasteiger charge is 2.44. The van der Waals surface area contributed by atoms with Crippen molar-refractivity contribution in [2.75, 3.05) is 19.6 Å². The Bertz CT molecular complexity index is 336. The quantitative estimate of drug-likeness (QED) is 0.790. The normalized spacial score (nSPS) is 20.6. The summed E-state index contributed by atoms with van der Waals surface area (Å²) in [5.74, 6) is 0. The topological polar surface area (TPSA) is 47.1 Å². The Hall–Kier alpha value is -0.870. The van der Waals surface area contributed by atoms with E-state index in [4.69, 9.17) is 5.73 Å². The minimum absolute atomic E-state index is 0.0402. The first-order valence-electron chi connectivity index (χ1n) is 5.53. The summed E-state index contributed by atoms with van der Waals surface area (Å²) in [6.07, 6.45) is 3.99. The molecule has 1 saturated heterocycles. The molecule has 0 spiro atoms. The molecule has 0 aliphatic carbocycles. The molecule has 2 heterocycles. The van der Waals surface area contributed by atoms with Gasteiger partial charge in [-0.25, -0.2) is 0 Å². The van der Waals surface area contributed by atoms with Gasteiger partial charge < -0.3 is 5.73 Å². The second-order valence-corrected chi connectivity index (χ2v) is 4.89. The largest absolute Gasteiger partial charge is 0.328 e. The third-order valence-electron chi connectivity index (χ3n) is 3.30. The Morgan fingerprint density at radius 3 is 2.60 bits per heavy atom. The van der Waals surface area contributed by atoms with Gasteiger partial charge in [0.15, 0.2) is 0 Å². The van der Waals surface area contributed by atoms with Gasteiger partial charge in [0.2, 0.25) is 0 Å². The Balaban J connectivity index is 2.13. The van der Waals surface area contributed by atoms with Crippen molar-refractivity contribution < 1.29 is 0 Å². The standard InChI is InChI=1S/C11H20N4/c1-9(2)14-7-11(6-12,8-14)15-5-10(3)4-13-15/h4-5,9H,6-8,12H2,1-3H3. The molecule has 84 valence electrons. The van der Waals surface area contributed by atoms with Gasteiger partial charge in [-0.15, -0.1) is 0 Å². The van der Waals surface area contributed by atoms with Crippen molar-refractivity contribution in [2.45, 2.75) is 32.4 Å². The SMILES string of the molecule is Cc1cnn(C2(CN)CN(C(C)C)C2)c1. The molecule has 1 aliphatic rings. The number of aromatic nitrogens is 2. The number of nitrogens with zero attached hydrogens (tertiary/aromatic N) is 3. The monoisotopic (exact) mass is 208 g/mol. The number of aryl methyl sites for hydroxylation is 1.